The molecule has 0 amide bonds. The molecule has 0 unspecified atom stereocenters. The Morgan fingerprint density at radius 2 is 1.90 bits per heavy atom. The summed E-state index contributed by atoms with van der Waals surface area (Å²) < 4.78 is 26.0. The van der Waals surface area contributed by atoms with Gasteiger partial charge in [-0.1, -0.05) is 23.4 Å². The summed E-state index contributed by atoms with van der Waals surface area (Å²) in [6.45, 7) is 0.711. The number of nitrogens with zero attached hydrogens (tertiary/aromatic N) is 2. The maximum absolute atomic E-state index is 12.5. The van der Waals surface area contributed by atoms with Crippen LogP contribution in [0.5, 0.6) is 0 Å². The normalized spacial score (nSPS) is 20.3. The van der Waals surface area contributed by atoms with Crippen molar-refractivity contribution in [2.24, 2.45) is 10.9 Å². The SMILES string of the molecule is CSC1(C(N)=NO)CCN(S(=O)(=O)c2ccccc2)CC1. The molecule has 8 heteroatoms. The molecule has 2 rings (SSSR count). The molecule has 0 bridgehead atoms. The third kappa shape index (κ3) is 3.02. The molecule has 0 atom stereocenters. The number of amidine groups is 1. The minimum absolute atomic E-state index is 0.159. The van der Waals surface area contributed by atoms with Crippen molar-refractivity contribution in [1.29, 1.82) is 0 Å². The summed E-state index contributed by atoms with van der Waals surface area (Å²) in [6.07, 6.45) is 2.94. The zero-order valence-electron chi connectivity index (χ0n) is 11.8. The Hall–Kier alpha value is -1.25. The average Bonchev–Trinajstić information content (AvgIpc) is 2.54. The molecule has 1 aliphatic rings. The van der Waals surface area contributed by atoms with E-state index >= 15 is 0 Å². The van der Waals surface area contributed by atoms with Gasteiger partial charge in [0.05, 0.1) is 9.64 Å². The highest BCUT2D eigenvalue weighted by Crippen LogP contribution is 2.36. The van der Waals surface area contributed by atoms with E-state index in [9.17, 15) is 8.42 Å². The first-order valence-electron chi connectivity index (χ1n) is 6.54. The molecular weight excluding hydrogens is 310 g/mol. The van der Waals surface area contributed by atoms with Crippen LogP contribution in [0.3, 0.4) is 0 Å². The fourth-order valence-corrected chi connectivity index (χ4v) is 4.79. The van der Waals surface area contributed by atoms with Gasteiger partial charge in [-0.15, -0.1) is 0 Å². The van der Waals surface area contributed by atoms with Crippen LogP contribution < -0.4 is 5.73 Å². The Morgan fingerprint density at radius 1 is 1.33 bits per heavy atom. The fourth-order valence-electron chi connectivity index (χ4n) is 2.49. The van der Waals surface area contributed by atoms with Gasteiger partial charge >= 0.3 is 0 Å². The lowest BCUT2D eigenvalue weighted by molar-refractivity contribution is 0.300. The van der Waals surface area contributed by atoms with Crippen LogP contribution in [0.4, 0.5) is 0 Å². The molecule has 3 N–H and O–H groups in total. The Morgan fingerprint density at radius 3 is 2.38 bits per heavy atom. The van der Waals surface area contributed by atoms with Gasteiger partial charge in [0.15, 0.2) is 5.84 Å². The third-order valence-corrected chi connectivity index (χ3v) is 7.19. The predicted molar refractivity (Wildman–Crippen MR) is 84.1 cm³/mol. The second-order valence-electron chi connectivity index (χ2n) is 4.90. The van der Waals surface area contributed by atoms with Crippen LogP contribution >= 0.6 is 11.8 Å². The van der Waals surface area contributed by atoms with E-state index < -0.39 is 14.8 Å². The molecule has 21 heavy (non-hydrogen) atoms. The molecule has 1 aliphatic heterocycles. The second kappa shape index (κ2) is 6.25. The lowest BCUT2D eigenvalue weighted by atomic mass is 9.96. The van der Waals surface area contributed by atoms with E-state index in [1.165, 1.54) is 16.1 Å². The minimum atomic E-state index is -3.47. The van der Waals surface area contributed by atoms with Crippen LogP contribution in [0.1, 0.15) is 12.8 Å². The Balaban J connectivity index is 2.18. The molecule has 6 nitrogen and oxygen atoms in total. The number of nitrogens with two attached hydrogens (primary N) is 1. The smallest absolute Gasteiger partial charge is 0.243 e. The van der Waals surface area contributed by atoms with E-state index in [0.717, 1.165) is 0 Å². The van der Waals surface area contributed by atoms with Crippen molar-refractivity contribution in [3.63, 3.8) is 0 Å². The van der Waals surface area contributed by atoms with Crippen LogP contribution in [0.25, 0.3) is 0 Å². The number of benzene rings is 1. The van der Waals surface area contributed by atoms with Crippen molar-refractivity contribution in [3.8, 4) is 0 Å². The van der Waals surface area contributed by atoms with Crippen LogP contribution in [-0.2, 0) is 10.0 Å². The molecule has 1 saturated heterocycles. The van der Waals surface area contributed by atoms with Crippen molar-refractivity contribution in [1.82, 2.24) is 4.31 Å². The van der Waals surface area contributed by atoms with E-state index in [2.05, 4.69) is 5.16 Å². The first kappa shape index (κ1) is 16.1. The third-order valence-electron chi connectivity index (χ3n) is 3.88. The summed E-state index contributed by atoms with van der Waals surface area (Å²) in [5, 5.41) is 12.0. The standard InChI is InChI=1S/C13H19N3O3S2/c1-20-13(12(14)15-17)7-9-16(10-8-13)21(18,19)11-5-3-2-4-6-11/h2-6,17H,7-10H2,1H3,(H2,14,15). The van der Waals surface area contributed by atoms with Crippen molar-refractivity contribution >= 4 is 27.6 Å². The largest absolute Gasteiger partial charge is 0.409 e. The molecule has 1 aromatic carbocycles. The highest BCUT2D eigenvalue weighted by molar-refractivity contribution is 8.00. The van der Waals surface area contributed by atoms with Crippen LogP contribution in [0.2, 0.25) is 0 Å². The molecular formula is C13H19N3O3S2. The fraction of sp³-hybridized carbons (Fsp3) is 0.462. The first-order valence-corrected chi connectivity index (χ1v) is 9.21. The van der Waals surface area contributed by atoms with Gasteiger partial charge < -0.3 is 10.9 Å². The monoisotopic (exact) mass is 329 g/mol. The number of hydrogen-bond acceptors (Lipinski definition) is 5. The highest BCUT2D eigenvalue weighted by Gasteiger charge is 2.41. The van der Waals surface area contributed by atoms with Crippen LogP contribution in [-0.4, -0.2) is 47.9 Å². The van der Waals surface area contributed by atoms with Gasteiger partial charge in [0.2, 0.25) is 10.0 Å². The number of sulfonamides is 1. The van der Waals surface area contributed by atoms with Crippen molar-refractivity contribution < 1.29 is 13.6 Å². The number of hydrogen-bond donors (Lipinski definition) is 2. The molecule has 0 radical (unpaired) electrons. The van der Waals surface area contributed by atoms with Crippen molar-refractivity contribution in [3.05, 3.63) is 30.3 Å². The van der Waals surface area contributed by atoms with E-state index in [-0.39, 0.29) is 5.84 Å². The number of piperidine rings is 1. The summed E-state index contributed by atoms with van der Waals surface area (Å²) in [4.78, 5) is 0.297. The average molecular weight is 329 g/mol. The molecule has 0 aromatic heterocycles. The number of oxime groups is 1. The molecule has 1 fully saturated rings. The summed E-state index contributed by atoms with van der Waals surface area (Å²) >= 11 is 1.50. The van der Waals surface area contributed by atoms with Gasteiger partial charge in [-0.2, -0.15) is 16.1 Å². The maximum Gasteiger partial charge on any atom is 0.243 e. The van der Waals surface area contributed by atoms with Crippen molar-refractivity contribution in [2.45, 2.75) is 22.5 Å². The number of rotatable bonds is 4. The maximum atomic E-state index is 12.5. The highest BCUT2D eigenvalue weighted by atomic mass is 32.2. The first-order chi connectivity index (χ1) is 9.96. The summed E-state index contributed by atoms with van der Waals surface area (Å²) in [5.41, 5.74) is 5.77. The predicted octanol–water partition coefficient (Wildman–Crippen LogP) is 1.32. The molecule has 0 saturated carbocycles. The zero-order valence-corrected chi connectivity index (χ0v) is 13.4. The van der Waals surface area contributed by atoms with Crippen LogP contribution in [0, 0.1) is 0 Å². The van der Waals surface area contributed by atoms with E-state index in [1.807, 2.05) is 6.26 Å². The summed E-state index contributed by atoms with van der Waals surface area (Å²) in [7, 11) is -3.47. The lowest BCUT2D eigenvalue weighted by Crippen LogP contribution is -2.51. The Kier molecular flexibility index (Phi) is 4.80. The second-order valence-corrected chi connectivity index (χ2v) is 8.03. The molecule has 0 aliphatic carbocycles. The van der Waals surface area contributed by atoms with Gasteiger partial charge in [0.1, 0.15) is 0 Å². The minimum Gasteiger partial charge on any atom is -0.409 e. The number of thioether (sulfide) groups is 1. The zero-order chi connectivity index (χ0) is 15.5. The molecule has 1 aromatic rings. The topological polar surface area (TPSA) is 96.0 Å². The van der Waals surface area contributed by atoms with Gasteiger partial charge in [0.25, 0.3) is 0 Å². The quantitative estimate of drug-likeness (QED) is 0.376. The summed E-state index contributed by atoms with van der Waals surface area (Å²) in [6, 6.07) is 8.38. The molecule has 1 heterocycles. The molecule has 0 spiro atoms. The summed E-state index contributed by atoms with van der Waals surface area (Å²) in [5.74, 6) is 0.159. The Labute approximate surface area is 129 Å². The van der Waals surface area contributed by atoms with Gasteiger partial charge in [-0.05, 0) is 31.2 Å². The van der Waals surface area contributed by atoms with Gasteiger partial charge in [-0.3, -0.25) is 0 Å². The van der Waals surface area contributed by atoms with Crippen molar-refractivity contribution in [2.75, 3.05) is 19.3 Å². The van der Waals surface area contributed by atoms with E-state index in [1.54, 1.807) is 30.3 Å². The lowest BCUT2D eigenvalue weighted by Gasteiger charge is -2.39. The van der Waals surface area contributed by atoms with E-state index in [0.29, 0.717) is 30.8 Å². The molecule has 116 valence electrons. The Bertz CT molecular complexity index is 609. The van der Waals surface area contributed by atoms with Crippen LogP contribution in [0.15, 0.2) is 40.4 Å². The van der Waals surface area contributed by atoms with Gasteiger partial charge in [-0.25, -0.2) is 8.42 Å². The van der Waals surface area contributed by atoms with E-state index in [4.69, 9.17) is 10.9 Å². The van der Waals surface area contributed by atoms with Gasteiger partial charge in [0, 0.05) is 13.1 Å².